The molecule has 0 amide bonds. The van der Waals surface area contributed by atoms with Crippen molar-refractivity contribution in [2.24, 2.45) is 0 Å². The molecule has 1 aromatic carbocycles. The number of benzene rings is 1. The summed E-state index contributed by atoms with van der Waals surface area (Å²) in [6.45, 7) is 2.03. The second-order valence-corrected chi connectivity index (χ2v) is 2.99. The Hall–Kier alpha value is -2.08. The molecule has 0 heterocycles. The van der Waals surface area contributed by atoms with Crippen molar-refractivity contribution < 1.29 is 29.1 Å². The van der Waals surface area contributed by atoms with Gasteiger partial charge in [0.2, 0.25) is 0 Å². The normalized spacial score (nSPS) is 9.47. The predicted octanol–water partition coefficient (Wildman–Crippen LogP) is 2.25. The van der Waals surface area contributed by atoms with E-state index >= 15 is 0 Å². The fraction of sp³-hybridized carbons (Fsp3) is 0.273. The van der Waals surface area contributed by atoms with Crippen molar-refractivity contribution in [3.63, 3.8) is 0 Å². The Morgan fingerprint density at radius 1 is 1.12 bits per heavy atom. The van der Waals surface area contributed by atoms with E-state index in [-0.39, 0.29) is 12.2 Å². The van der Waals surface area contributed by atoms with E-state index in [1.54, 1.807) is 18.2 Å². The van der Waals surface area contributed by atoms with Crippen molar-refractivity contribution in [3.8, 4) is 0 Å². The van der Waals surface area contributed by atoms with Gasteiger partial charge < -0.3 is 4.74 Å². The van der Waals surface area contributed by atoms with Crippen molar-refractivity contribution in [2.75, 3.05) is 6.61 Å². The average molecular weight is 240 g/mol. The number of ether oxygens (including phenoxy) is 1. The van der Waals surface area contributed by atoms with Crippen molar-refractivity contribution >= 4 is 12.1 Å². The summed E-state index contributed by atoms with van der Waals surface area (Å²) in [5.41, 5.74) is 0.276. The molecule has 6 nitrogen and oxygen atoms in total. The highest BCUT2D eigenvalue weighted by Gasteiger charge is 2.10. The smallest absolute Gasteiger partial charge is 0.432 e. The fourth-order valence-electron chi connectivity index (χ4n) is 0.907. The molecule has 6 heteroatoms. The molecule has 0 saturated heterocycles. The van der Waals surface area contributed by atoms with Gasteiger partial charge in [-0.1, -0.05) is 25.1 Å². The van der Waals surface area contributed by atoms with Crippen LogP contribution in [0.4, 0.5) is 4.79 Å². The van der Waals surface area contributed by atoms with Crippen LogP contribution in [0, 0.1) is 0 Å². The lowest BCUT2D eigenvalue weighted by Gasteiger charge is -2.02. The zero-order valence-corrected chi connectivity index (χ0v) is 9.25. The molecule has 1 aromatic rings. The minimum atomic E-state index is -1.06. The Morgan fingerprint density at radius 3 is 2.47 bits per heavy atom. The van der Waals surface area contributed by atoms with Crippen LogP contribution in [0.2, 0.25) is 0 Å². The molecule has 0 saturated carbocycles. The van der Waals surface area contributed by atoms with Gasteiger partial charge in [-0.05, 0) is 18.6 Å². The largest absolute Gasteiger partial charge is 0.543 e. The molecule has 0 aromatic heterocycles. The summed E-state index contributed by atoms with van der Waals surface area (Å²) >= 11 is 0. The molecular weight excluding hydrogens is 228 g/mol. The first-order chi connectivity index (χ1) is 8.24. The van der Waals surface area contributed by atoms with Gasteiger partial charge in [-0.15, -0.1) is 0 Å². The Labute approximate surface area is 97.9 Å². The Kier molecular flexibility index (Phi) is 5.53. The lowest BCUT2D eigenvalue weighted by atomic mass is 10.2. The van der Waals surface area contributed by atoms with Crippen molar-refractivity contribution in [2.45, 2.75) is 13.3 Å². The Balaban J connectivity index is 2.23. The molecule has 0 aliphatic rings. The topological polar surface area (TPSA) is 71.1 Å². The Bertz CT molecular complexity index is 361. The maximum absolute atomic E-state index is 11.3. The summed E-state index contributed by atoms with van der Waals surface area (Å²) < 4.78 is 4.50. The van der Waals surface area contributed by atoms with Crippen LogP contribution >= 0.6 is 0 Å². The molecule has 0 fully saturated rings. The van der Waals surface area contributed by atoms with Crippen LogP contribution in [-0.2, 0) is 19.6 Å². The second-order valence-electron chi connectivity index (χ2n) is 2.99. The van der Waals surface area contributed by atoms with Gasteiger partial charge in [0.1, 0.15) is 0 Å². The summed E-state index contributed by atoms with van der Waals surface area (Å²) in [6.07, 6.45) is -0.411. The number of rotatable bonds is 5. The lowest BCUT2D eigenvalue weighted by Crippen LogP contribution is -2.12. The highest BCUT2D eigenvalue weighted by molar-refractivity contribution is 5.88. The zero-order chi connectivity index (χ0) is 12.5. The van der Waals surface area contributed by atoms with Crippen molar-refractivity contribution in [1.29, 1.82) is 0 Å². The third kappa shape index (κ3) is 4.98. The molecule has 0 bridgehead atoms. The predicted molar refractivity (Wildman–Crippen MR) is 55.7 cm³/mol. The van der Waals surface area contributed by atoms with E-state index in [2.05, 4.69) is 19.6 Å². The standard InChI is InChI=1S/C11H12O6/c1-2-8-14-11(13)16-17-15-10(12)9-6-4-3-5-7-9/h3-7H,2,8H2,1H3. The first kappa shape index (κ1) is 13.0. The molecule has 92 valence electrons. The van der Waals surface area contributed by atoms with E-state index in [1.165, 1.54) is 12.1 Å². The second kappa shape index (κ2) is 7.24. The SMILES string of the molecule is CCCOC(=O)OOOC(=O)c1ccccc1. The summed E-state index contributed by atoms with van der Waals surface area (Å²) in [6, 6.07) is 8.12. The van der Waals surface area contributed by atoms with Gasteiger partial charge in [0.15, 0.2) is 0 Å². The third-order valence-electron chi connectivity index (χ3n) is 1.65. The highest BCUT2D eigenvalue weighted by Crippen LogP contribution is 2.01. The van der Waals surface area contributed by atoms with Gasteiger partial charge in [0.25, 0.3) is 0 Å². The van der Waals surface area contributed by atoms with Gasteiger partial charge in [-0.3, -0.25) is 4.89 Å². The number of carbonyl (C=O) groups is 2. The minimum absolute atomic E-state index is 0.203. The van der Waals surface area contributed by atoms with E-state index in [0.29, 0.717) is 6.42 Å². The molecule has 0 aliphatic heterocycles. The number of hydrogen-bond donors (Lipinski definition) is 0. The van der Waals surface area contributed by atoms with Gasteiger partial charge >= 0.3 is 12.1 Å². The molecule has 0 atom stereocenters. The molecule has 0 unspecified atom stereocenters. The molecular formula is C11H12O6. The van der Waals surface area contributed by atoms with Crippen LogP contribution in [0.3, 0.4) is 0 Å². The van der Waals surface area contributed by atoms with Crippen LogP contribution in [0.15, 0.2) is 30.3 Å². The van der Waals surface area contributed by atoms with E-state index in [9.17, 15) is 9.59 Å². The zero-order valence-electron chi connectivity index (χ0n) is 9.25. The molecule has 1 rings (SSSR count). The van der Waals surface area contributed by atoms with Crippen LogP contribution in [0.5, 0.6) is 0 Å². The lowest BCUT2D eigenvalue weighted by molar-refractivity contribution is -0.452. The van der Waals surface area contributed by atoms with E-state index in [4.69, 9.17) is 0 Å². The Morgan fingerprint density at radius 2 is 1.82 bits per heavy atom. The van der Waals surface area contributed by atoms with Gasteiger partial charge in [0.05, 0.1) is 17.2 Å². The van der Waals surface area contributed by atoms with E-state index in [0.717, 1.165) is 0 Å². The van der Waals surface area contributed by atoms with Crippen molar-refractivity contribution in [3.05, 3.63) is 35.9 Å². The van der Waals surface area contributed by atoms with Gasteiger partial charge in [0, 0.05) is 0 Å². The fourth-order valence-corrected chi connectivity index (χ4v) is 0.907. The van der Waals surface area contributed by atoms with E-state index < -0.39 is 12.1 Å². The van der Waals surface area contributed by atoms with Gasteiger partial charge in [-0.2, -0.15) is 0 Å². The average Bonchev–Trinajstić information content (AvgIpc) is 2.37. The summed E-state index contributed by atoms with van der Waals surface area (Å²) in [7, 11) is 0. The summed E-state index contributed by atoms with van der Waals surface area (Å²) in [5.74, 6) is -0.770. The maximum Gasteiger partial charge on any atom is 0.543 e. The van der Waals surface area contributed by atoms with Crippen molar-refractivity contribution in [1.82, 2.24) is 0 Å². The van der Waals surface area contributed by atoms with Crippen LogP contribution in [-0.4, -0.2) is 18.7 Å². The number of carbonyl (C=O) groups excluding carboxylic acids is 2. The molecule has 0 radical (unpaired) electrons. The van der Waals surface area contributed by atoms with Crippen LogP contribution < -0.4 is 0 Å². The first-order valence-corrected chi connectivity index (χ1v) is 5.01. The van der Waals surface area contributed by atoms with Crippen LogP contribution in [0.25, 0.3) is 0 Å². The molecule has 17 heavy (non-hydrogen) atoms. The molecule has 0 aliphatic carbocycles. The number of hydrogen-bond acceptors (Lipinski definition) is 6. The van der Waals surface area contributed by atoms with Gasteiger partial charge in [-0.25, -0.2) is 14.5 Å². The molecule has 0 spiro atoms. The first-order valence-electron chi connectivity index (χ1n) is 5.01. The monoisotopic (exact) mass is 240 g/mol. The third-order valence-corrected chi connectivity index (χ3v) is 1.65. The van der Waals surface area contributed by atoms with E-state index in [1.807, 2.05) is 6.92 Å². The highest BCUT2D eigenvalue weighted by atomic mass is 17.5. The summed E-state index contributed by atoms with van der Waals surface area (Å²) in [4.78, 5) is 30.3. The maximum atomic E-state index is 11.3. The van der Waals surface area contributed by atoms with Crippen LogP contribution in [0.1, 0.15) is 23.7 Å². The summed E-state index contributed by atoms with van der Waals surface area (Å²) in [5, 5.41) is 3.98. The minimum Gasteiger partial charge on any atom is -0.432 e. The quantitative estimate of drug-likeness (QED) is 0.446. The molecule has 0 N–H and O–H groups in total.